The molecule has 0 aliphatic carbocycles. The Morgan fingerprint density at radius 2 is 2.00 bits per heavy atom. The first-order valence-electron chi connectivity index (χ1n) is 8.99. The second-order valence-electron chi connectivity index (χ2n) is 6.80. The van der Waals surface area contributed by atoms with Crippen LogP contribution in [0.3, 0.4) is 0 Å². The minimum absolute atomic E-state index is 0.102. The van der Waals surface area contributed by atoms with Crippen molar-refractivity contribution in [3.63, 3.8) is 0 Å². The van der Waals surface area contributed by atoms with Crippen molar-refractivity contribution in [3.05, 3.63) is 66.1 Å². The Morgan fingerprint density at radius 3 is 2.80 bits per heavy atom. The lowest BCUT2D eigenvalue weighted by molar-refractivity contribution is 0.180. The third-order valence-corrected chi connectivity index (χ3v) is 4.97. The predicted octanol–water partition coefficient (Wildman–Crippen LogP) is 3.55. The molecule has 1 N–H and O–H groups in total. The van der Waals surface area contributed by atoms with Crippen LogP contribution in [-0.4, -0.2) is 27.8 Å². The number of hydrogen-bond donors (Lipinski definition) is 1. The number of nitrogens with zero attached hydrogens (tertiary/aromatic N) is 3. The Labute approximate surface area is 148 Å². The molecular weight excluding hydrogens is 312 g/mol. The van der Waals surface area contributed by atoms with Crippen LogP contribution >= 0.6 is 0 Å². The molecule has 1 saturated heterocycles. The fourth-order valence-corrected chi connectivity index (χ4v) is 3.62. The van der Waals surface area contributed by atoms with E-state index in [1.54, 1.807) is 0 Å². The maximum Gasteiger partial charge on any atom is 0.160 e. The average Bonchev–Trinajstić information content (AvgIpc) is 3.31. The van der Waals surface area contributed by atoms with Gasteiger partial charge in [0.2, 0.25) is 0 Å². The maximum atomic E-state index is 5.57. The van der Waals surface area contributed by atoms with E-state index >= 15 is 0 Å². The summed E-state index contributed by atoms with van der Waals surface area (Å²) in [6.45, 7) is 3.91. The highest BCUT2D eigenvalue weighted by atomic mass is 16.5. The highest BCUT2D eigenvalue weighted by molar-refractivity contribution is 5.37. The van der Waals surface area contributed by atoms with Gasteiger partial charge in [0.05, 0.1) is 6.04 Å². The van der Waals surface area contributed by atoms with Crippen molar-refractivity contribution in [1.29, 1.82) is 0 Å². The molecule has 5 nitrogen and oxygen atoms in total. The first-order valence-corrected chi connectivity index (χ1v) is 8.99. The lowest BCUT2D eigenvalue weighted by atomic mass is 9.93. The Balaban J connectivity index is 1.56. The molecule has 0 radical (unpaired) electrons. The molecular formula is C20H24N4O. The zero-order valence-electron chi connectivity index (χ0n) is 14.5. The number of ether oxygens (including phenoxy) is 1. The number of benzene rings is 1. The number of fused-ring (bicyclic) bond motifs is 1. The van der Waals surface area contributed by atoms with Crippen molar-refractivity contribution < 1.29 is 4.74 Å². The Hall–Kier alpha value is -2.24. The van der Waals surface area contributed by atoms with Gasteiger partial charge in [-0.15, -0.1) is 10.2 Å². The molecule has 130 valence electrons. The minimum Gasteiger partial charge on any atom is -0.381 e. The molecule has 5 heteroatoms. The van der Waals surface area contributed by atoms with E-state index in [4.69, 9.17) is 4.74 Å². The van der Waals surface area contributed by atoms with Crippen LogP contribution in [0, 0.1) is 5.92 Å². The van der Waals surface area contributed by atoms with Crippen molar-refractivity contribution in [2.75, 3.05) is 13.2 Å². The quantitative estimate of drug-likeness (QED) is 0.748. The Kier molecular flexibility index (Phi) is 4.76. The number of pyridine rings is 1. The summed E-state index contributed by atoms with van der Waals surface area (Å²) in [6, 6.07) is 17.0. The molecule has 2 aromatic heterocycles. The fraction of sp³-hybridized carbons (Fsp3) is 0.400. The van der Waals surface area contributed by atoms with Gasteiger partial charge in [0.1, 0.15) is 0 Å². The lowest BCUT2D eigenvalue weighted by Gasteiger charge is -2.25. The van der Waals surface area contributed by atoms with Crippen LogP contribution in [0.1, 0.15) is 43.2 Å². The molecule has 1 fully saturated rings. The highest BCUT2D eigenvalue weighted by Crippen LogP contribution is 2.28. The summed E-state index contributed by atoms with van der Waals surface area (Å²) >= 11 is 0. The van der Waals surface area contributed by atoms with Crippen LogP contribution in [0.5, 0.6) is 0 Å². The van der Waals surface area contributed by atoms with E-state index in [1.165, 1.54) is 5.56 Å². The molecule has 3 atom stereocenters. The van der Waals surface area contributed by atoms with Crippen LogP contribution < -0.4 is 5.32 Å². The summed E-state index contributed by atoms with van der Waals surface area (Å²) in [7, 11) is 0. The van der Waals surface area contributed by atoms with Gasteiger partial charge in [-0.2, -0.15) is 0 Å². The van der Waals surface area contributed by atoms with Crippen molar-refractivity contribution in [1.82, 2.24) is 19.9 Å². The van der Waals surface area contributed by atoms with E-state index in [9.17, 15) is 0 Å². The van der Waals surface area contributed by atoms with Gasteiger partial charge in [-0.3, -0.25) is 4.40 Å². The number of hydrogen-bond acceptors (Lipinski definition) is 4. The van der Waals surface area contributed by atoms with Crippen molar-refractivity contribution >= 4 is 5.65 Å². The monoisotopic (exact) mass is 336 g/mol. The van der Waals surface area contributed by atoms with Gasteiger partial charge in [-0.1, -0.05) is 36.4 Å². The van der Waals surface area contributed by atoms with Gasteiger partial charge < -0.3 is 10.1 Å². The second-order valence-corrected chi connectivity index (χ2v) is 6.80. The molecule has 25 heavy (non-hydrogen) atoms. The Bertz CT molecular complexity index is 811. The normalized spacial score (nSPS) is 20.0. The van der Waals surface area contributed by atoms with Gasteiger partial charge in [0.25, 0.3) is 0 Å². The standard InChI is InChI=1S/C20H24N4O/c1-15(20-23-22-19-9-5-6-11-24(19)20)21-18(13-16-10-12-25-14-16)17-7-3-2-4-8-17/h2-9,11,15-16,18,21H,10,12-14H2,1H3. The number of aromatic nitrogens is 3. The molecule has 4 rings (SSSR count). The molecule has 3 heterocycles. The van der Waals surface area contributed by atoms with Gasteiger partial charge in [-0.05, 0) is 43.4 Å². The lowest BCUT2D eigenvalue weighted by Crippen LogP contribution is -2.28. The van der Waals surface area contributed by atoms with E-state index in [0.29, 0.717) is 5.92 Å². The summed E-state index contributed by atoms with van der Waals surface area (Å²) < 4.78 is 7.63. The second kappa shape index (κ2) is 7.33. The van der Waals surface area contributed by atoms with Crippen molar-refractivity contribution in [2.45, 2.75) is 31.8 Å². The maximum absolute atomic E-state index is 5.57. The summed E-state index contributed by atoms with van der Waals surface area (Å²) in [5.74, 6) is 1.55. The smallest absolute Gasteiger partial charge is 0.160 e. The van der Waals surface area contributed by atoms with Crippen LogP contribution in [0.4, 0.5) is 0 Å². The van der Waals surface area contributed by atoms with Crippen LogP contribution in [-0.2, 0) is 4.74 Å². The average molecular weight is 336 g/mol. The fourth-order valence-electron chi connectivity index (χ4n) is 3.62. The molecule has 1 aromatic carbocycles. The first-order chi connectivity index (χ1) is 12.3. The van der Waals surface area contributed by atoms with E-state index in [0.717, 1.165) is 37.5 Å². The first kappa shape index (κ1) is 16.2. The molecule has 1 aliphatic rings. The van der Waals surface area contributed by atoms with Crippen molar-refractivity contribution in [2.24, 2.45) is 5.92 Å². The SMILES string of the molecule is CC(NC(CC1CCOC1)c1ccccc1)c1nnc2ccccn12. The highest BCUT2D eigenvalue weighted by Gasteiger charge is 2.24. The zero-order chi connectivity index (χ0) is 17.1. The summed E-state index contributed by atoms with van der Waals surface area (Å²) in [5.41, 5.74) is 2.20. The third kappa shape index (κ3) is 3.57. The molecule has 3 aromatic rings. The molecule has 3 unspecified atom stereocenters. The van der Waals surface area contributed by atoms with Crippen LogP contribution in [0.15, 0.2) is 54.7 Å². The van der Waals surface area contributed by atoms with Gasteiger partial charge in [0.15, 0.2) is 11.5 Å². The van der Waals surface area contributed by atoms with Gasteiger partial charge >= 0.3 is 0 Å². The van der Waals surface area contributed by atoms with Crippen LogP contribution in [0.25, 0.3) is 5.65 Å². The molecule has 0 saturated carbocycles. The zero-order valence-corrected chi connectivity index (χ0v) is 14.5. The topological polar surface area (TPSA) is 51.5 Å². The van der Waals surface area contributed by atoms with Gasteiger partial charge in [-0.25, -0.2) is 0 Å². The largest absolute Gasteiger partial charge is 0.381 e. The van der Waals surface area contributed by atoms with E-state index in [2.05, 4.69) is 57.2 Å². The summed E-state index contributed by atoms with van der Waals surface area (Å²) in [6.07, 6.45) is 4.24. The van der Waals surface area contributed by atoms with Crippen molar-refractivity contribution in [3.8, 4) is 0 Å². The molecule has 0 spiro atoms. The minimum atomic E-state index is 0.102. The third-order valence-electron chi connectivity index (χ3n) is 4.97. The number of rotatable bonds is 6. The summed E-state index contributed by atoms with van der Waals surface area (Å²) in [5, 5.41) is 12.5. The number of nitrogens with one attached hydrogen (secondary N) is 1. The van der Waals surface area contributed by atoms with E-state index in [1.807, 2.05) is 24.4 Å². The molecule has 0 amide bonds. The van der Waals surface area contributed by atoms with Crippen LogP contribution in [0.2, 0.25) is 0 Å². The molecule has 0 bridgehead atoms. The van der Waals surface area contributed by atoms with Gasteiger partial charge in [0, 0.05) is 25.5 Å². The summed E-state index contributed by atoms with van der Waals surface area (Å²) in [4.78, 5) is 0. The Morgan fingerprint density at radius 1 is 1.16 bits per heavy atom. The van der Waals surface area contributed by atoms with E-state index < -0.39 is 0 Å². The van der Waals surface area contributed by atoms with E-state index in [-0.39, 0.29) is 12.1 Å². The predicted molar refractivity (Wildman–Crippen MR) is 97.3 cm³/mol. The molecule has 1 aliphatic heterocycles.